The van der Waals surface area contributed by atoms with Crippen molar-refractivity contribution in [1.29, 1.82) is 0 Å². The van der Waals surface area contributed by atoms with Crippen LogP contribution in [0.15, 0.2) is 60.7 Å². The van der Waals surface area contributed by atoms with E-state index in [9.17, 15) is 19.5 Å². The summed E-state index contributed by atoms with van der Waals surface area (Å²) in [7, 11) is 0. The minimum atomic E-state index is -1.15. The number of benzene rings is 2. The van der Waals surface area contributed by atoms with Crippen LogP contribution in [0.4, 0.5) is 5.69 Å². The largest absolute Gasteiger partial charge is 0.394 e. The van der Waals surface area contributed by atoms with Gasteiger partial charge in [0.2, 0.25) is 17.7 Å². The Morgan fingerprint density at radius 2 is 1.68 bits per heavy atom. The summed E-state index contributed by atoms with van der Waals surface area (Å²) in [5.74, 6) is -2.53. The Kier molecular flexibility index (Phi) is 6.60. The van der Waals surface area contributed by atoms with E-state index in [1.165, 1.54) is 4.90 Å². The number of nitrogens with one attached hydrogen (secondary N) is 2. The van der Waals surface area contributed by atoms with E-state index in [1.54, 1.807) is 12.1 Å². The zero-order chi connectivity index (χ0) is 27.3. The zero-order valence-electron chi connectivity index (χ0n) is 22.4. The minimum absolute atomic E-state index is 0.293. The van der Waals surface area contributed by atoms with Gasteiger partial charge in [0.25, 0.3) is 0 Å². The normalized spacial score (nSPS) is 30.7. The summed E-state index contributed by atoms with van der Waals surface area (Å²) in [4.78, 5) is 43.5. The van der Waals surface area contributed by atoms with Gasteiger partial charge in [-0.1, -0.05) is 48.5 Å². The monoisotopic (exact) mass is 519 g/mol. The first-order valence-electron chi connectivity index (χ1n) is 13.3. The molecule has 3 heterocycles. The molecule has 202 valence electrons. The van der Waals surface area contributed by atoms with Gasteiger partial charge in [0, 0.05) is 11.2 Å². The van der Waals surface area contributed by atoms with Crippen LogP contribution in [-0.4, -0.2) is 63.2 Å². The second kappa shape index (κ2) is 9.50. The van der Waals surface area contributed by atoms with Crippen LogP contribution >= 0.6 is 0 Å². The summed E-state index contributed by atoms with van der Waals surface area (Å²) in [5, 5.41) is 16.5. The van der Waals surface area contributed by atoms with Crippen molar-refractivity contribution in [3.8, 4) is 0 Å². The number of fused-ring (bicyclic) bond motifs is 1. The Hall–Kier alpha value is -3.23. The second-order valence-corrected chi connectivity index (χ2v) is 12.1. The Morgan fingerprint density at radius 3 is 2.29 bits per heavy atom. The molecule has 6 atom stereocenters. The number of nitrogens with zero attached hydrogens (tertiary/aromatic N) is 1. The van der Waals surface area contributed by atoms with Crippen LogP contribution in [0.3, 0.4) is 0 Å². The molecule has 1 spiro atoms. The van der Waals surface area contributed by atoms with E-state index >= 15 is 0 Å². The summed E-state index contributed by atoms with van der Waals surface area (Å²) >= 11 is 0. The average Bonchev–Trinajstić information content (AvgIpc) is 3.43. The third-order valence-corrected chi connectivity index (χ3v) is 8.20. The molecule has 3 amide bonds. The van der Waals surface area contributed by atoms with Crippen LogP contribution in [0, 0.1) is 11.8 Å². The zero-order valence-corrected chi connectivity index (χ0v) is 22.4. The van der Waals surface area contributed by atoms with Crippen molar-refractivity contribution in [3.05, 3.63) is 66.2 Å². The molecule has 2 bridgehead atoms. The highest BCUT2D eigenvalue weighted by Gasteiger charge is 2.78. The predicted molar refractivity (Wildman–Crippen MR) is 143 cm³/mol. The standard InChI is InChI=1S/C30H37N3O5/c1-28(2,3)32-26(36)24-30-16-15-29(4,38-30)22(25(35)31-20-13-9-6-10-14-20)23(30)27(37)33(24)21(18-34)17-19-11-7-5-8-12-19/h5-14,21-24,34H,15-18H2,1-4H3,(H,31,35)(H,32,36)/t21-,22+,23+,24?,29-,30?/m1/s1. The second-order valence-electron chi connectivity index (χ2n) is 12.1. The molecule has 0 saturated carbocycles. The summed E-state index contributed by atoms with van der Waals surface area (Å²) < 4.78 is 6.67. The predicted octanol–water partition coefficient (Wildman–Crippen LogP) is 2.91. The molecule has 3 N–H and O–H groups in total. The third-order valence-electron chi connectivity index (χ3n) is 8.20. The van der Waals surface area contributed by atoms with Crippen LogP contribution in [-0.2, 0) is 25.5 Å². The van der Waals surface area contributed by atoms with Gasteiger partial charge in [-0.25, -0.2) is 0 Å². The van der Waals surface area contributed by atoms with Crippen LogP contribution in [0.2, 0.25) is 0 Å². The van der Waals surface area contributed by atoms with E-state index in [-0.39, 0.29) is 24.3 Å². The van der Waals surface area contributed by atoms with Crippen molar-refractivity contribution in [2.24, 2.45) is 11.8 Å². The topological polar surface area (TPSA) is 108 Å². The van der Waals surface area contributed by atoms with Gasteiger partial charge in [-0.3, -0.25) is 14.4 Å². The fourth-order valence-corrected chi connectivity index (χ4v) is 6.77. The van der Waals surface area contributed by atoms with Gasteiger partial charge in [-0.05, 0) is 64.7 Å². The summed E-state index contributed by atoms with van der Waals surface area (Å²) in [6, 6.07) is 17.1. The van der Waals surface area contributed by atoms with Crippen LogP contribution in [0.25, 0.3) is 0 Å². The van der Waals surface area contributed by atoms with Crippen LogP contribution < -0.4 is 10.6 Å². The highest BCUT2D eigenvalue weighted by molar-refractivity contribution is 6.02. The smallest absolute Gasteiger partial charge is 0.246 e. The molecule has 5 rings (SSSR count). The molecule has 3 saturated heterocycles. The first-order chi connectivity index (χ1) is 18.0. The molecule has 2 unspecified atom stereocenters. The van der Waals surface area contributed by atoms with Crippen molar-refractivity contribution in [2.45, 2.75) is 75.8 Å². The number of hydrogen-bond acceptors (Lipinski definition) is 5. The fraction of sp³-hybridized carbons (Fsp3) is 0.500. The number of amides is 3. The van der Waals surface area contributed by atoms with Crippen LogP contribution in [0.5, 0.6) is 0 Å². The van der Waals surface area contributed by atoms with Gasteiger partial charge in [-0.2, -0.15) is 0 Å². The van der Waals surface area contributed by atoms with Crippen molar-refractivity contribution in [1.82, 2.24) is 10.2 Å². The van der Waals surface area contributed by atoms with Gasteiger partial charge in [-0.15, -0.1) is 0 Å². The molecule has 3 aliphatic rings. The highest BCUT2D eigenvalue weighted by Crippen LogP contribution is 2.63. The van der Waals surface area contributed by atoms with E-state index in [0.29, 0.717) is 24.9 Å². The highest BCUT2D eigenvalue weighted by atomic mass is 16.5. The van der Waals surface area contributed by atoms with Gasteiger partial charge in [0.1, 0.15) is 11.6 Å². The number of carbonyl (C=O) groups excluding carboxylic acids is 3. The van der Waals surface area contributed by atoms with Crippen molar-refractivity contribution in [3.63, 3.8) is 0 Å². The van der Waals surface area contributed by atoms with E-state index in [1.807, 2.05) is 76.2 Å². The molecule has 0 radical (unpaired) electrons. The number of aliphatic hydroxyl groups excluding tert-OH is 1. The SMILES string of the molecule is CC(C)(C)NC(=O)C1N([C@@H](CO)Cc2ccccc2)C(=O)[C@@H]2[C@@H](C(=O)Nc3ccccc3)[C@@]3(C)CCC12O3. The Morgan fingerprint density at radius 1 is 1.05 bits per heavy atom. The molecule has 0 aliphatic carbocycles. The van der Waals surface area contributed by atoms with Crippen molar-refractivity contribution >= 4 is 23.4 Å². The lowest BCUT2D eigenvalue weighted by Gasteiger charge is -2.38. The molecule has 2 aromatic carbocycles. The number of carbonyl (C=O) groups is 3. The van der Waals surface area contributed by atoms with Gasteiger partial charge in [0.05, 0.1) is 30.1 Å². The summed E-state index contributed by atoms with van der Waals surface area (Å²) in [5.41, 5.74) is -0.984. The van der Waals surface area contributed by atoms with E-state index < -0.39 is 40.7 Å². The molecule has 2 aromatic rings. The Labute approximate surface area is 223 Å². The number of ether oxygens (including phenoxy) is 1. The first kappa shape index (κ1) is 26.4. The van der Waals surface area contributed by atoms with E-state index in [2.05, 4.69) is 10.6 Å². The average molecular weight is 520 g/mol. The summed E-state index contributed by atoms with van der Waals surface area (Å²) in [6.07, 6.45) is 1.42. The van der Waals surface area contributed by atoms with Gasteiger partial charge in [0.15, 0.2) is 0 Å². The van der Waals surface area contributed by atoms with E-state index in [0.717, 1.165) is 5.56 Å². The molecule has 3 aliphatic heterocycles. The molecule has 3 fully saturated rings. The van der Waals surface area contributed by atoms with Gasteiger partial charge < -0.3 is 25.4 Å². The number of rotatable bonds is 7. The molecular formula is C30H37N3O5. The first-order valence-corrected chi connectivity index (χ1v) is 13.3. The lowest BCUT2D eigenvalue weighted by molar-refractivity contribution is -0.149. The number of aliphatic hydroxyl groups is 1. The number of para-hydroxylation sites is 1. The van der Waals surface area contributed by atoms with E-state index in [4.69, 9.17) is 4.74 Å². The van der Waals surface area contributed by atoms with Crippen molar-refractivity contribution in [2.75, 3.05) is 11.9 Å². The molecule has 8 heteroatoms. The fourth-order valence-electron chi connectivity index (χ4n) is 6.77. The summed E-state index contributed by atoms with van der Waals surface area (Å²) in [6.45, 7) is 7.22. The van der Waals surface area contributed by atoms with Crippen LogP contribution in [0.1, 0.15) is 46.1 Å². The Balaban J connectivity index is 1.55. The lowest BCUT2D eigenvalue weighted by atomic mass is 9.66. The molecular weight excluding hydrogens is 482 g/mol. The minimum Gasteiger partial charge on any atom is -0.394 e. The third kappa shape index (κ3) is 4.39. The quantitative estimate of drug-likeness (QED) is 0.521. The number of hydrogen-bond donors (Lipinski definition) is 3. The molecule has 0 aromatic heterocycles. The maximum atomic E-state index is 14.3. The lowest BCUT2D eigenvalue weighted by Crippen LogP contribution is -2.60. The maximum absolute atomic E-state index is 14.3. The molecule has 38 heavy (non-hydrogen) atoms. The Bertz CT molecular complexity index is 1210. The maximum Gasteiger partial charge on any atom is 0.246 e. The number of anilines is 1. The molecule has 8 nitrogen and oxygen atoms in total. The van der Waals surface area contributed by atoms with Crippen molar-refractivity contribution < 1.29 is 24.2 Å². The van der Waals surface area contributed by atoms with Gasteiger partial charge >= 0.3 is 0 Å². The number of likely N-dealkylation sites (tertiary alicyclic amines) is 1.